The topological polar surface area (TPSA) is 161 Å². The molecule has 0 saturated carbocycles. The molecule has 0 fully saturated rings. The number of carbonyl (C=O) groups excluding carboxylic acids is 3. The Morgan fingerprint density at radius 1 is 1.06 bits per heavy atom. The van der Waals surface area contributed by atoms with E-state index in [0.717, 1.165) is 26.6 Å². The van der Waals surface area contributed by atoms with E-state index in [4.69, 9.17) is 9.47 Å². The van der Waals surface area contributed by atoms with Crippen molar-refractivity contribution in [2.45, 2.75) is 52.2 Å². The van der Waals surface area contributed by atoms with Crippen LogP contribution in [0, 0.1) is 10.1 Å². The van der Waals surface area contributed by atoms with Crippen molar-refractivity contribution in [3.05, 3.63) is 51.2 Å². The number of nitrogens with zero attached hydrogens (tertiary/aromatic N) is 4. The van der Waals surface area contributed by atoms with Crippen LogP contribution in [0.4, 0.5) is 5.69 Å². The zero-order valence-electron chi connectivity index (χ0n) is 20.8. The van der Waals surface area contributed by atoms with Gasteiger partial charge in [0.25, 0.3) is 11.6 Å². The number of carbonyl (C=O) groups is 3. The Balaban J connectivity index is 3.79. The molecule has 190 valence electrons. The van der Waals surface area contributed by atoms with Gasteiger partial charge in [-0.3, -0.25) is 19.9 Å². The molecule has 0 aromatic heterocycles. The normalized spacial score (nSPS) is 12.9. The molecule has 0 aliphatic heterocycles. The van der Waals surface area contributed by atoms with Gasteiger partial charge in [0.1, 0.15) is 5.57 Å². The highest BCUT2D eigenvalue weighted by molar-refractivity contribution is 6.16. The van der Waals surface area contributed by atoms with Gasteiger partial charge in [-0.15, -0.1) is 0 Å². The highest BCUT2D eigenvalue weighted by atomic mass is 16.6. The van der Waals surface area contributed by atoms with E-state index in [0.29, 0.717) is 10.6 Å². The molecule has 0 radical (unpaired) electrons. The molecule has 0 spiro atoms. The number of hydrazone groups is 1. The molecule has 0 aliphatic carbocycles. The number of nitro benzene ring substituents is 1. The molecule has 0 aliphatic rings. The summed E-state index contributed by atoms with van der Waals surface area (Å²) in [6, 6.07) is 5.22. The third-order valence-corrected chi connectivity index (χ3v) is 4.08. The SMILES string of the molecule is COC(=O)/C(C=NC(C)(C)C)=C(/C(=O)OC)N(/N=C/c1ccc([N+](=O)[O-])cc1)C(=O)CC(C)(C)O. The molecule has 1 aromatic rings. The second-order valence-electron chi connectivity index (χ2n) is 8.96. The van der Waals surface area contributed by atoms with Crippen LogP contribution in [-0.4, -0.2) is 70.7 Å². The predicted octanol–water partition coefficient (Wildman–Crippen LogP) is 2.39. The summed E-state index contributed by atoms with van der Waals surface area (Å²) in [6.45, 7) is 8.01. The van der Waals surface area contributed by atoms with E-state index in [-0.39, 0.29) is 5.69 Å². The van der Waals surface area contributed by atoms with Crippen LogP contribution in [0.2, 0.25) is 0 Å². The minimum atomic E-state index is -1.48. The molecule has 12 heteroatoms. The molecular weight excluding hydrogens is 460 g/mol. The van der Waals surface area contributed by atoms with Crippen molar-refractivity contribution < 1.29 is 33.9 Å². The van der Waals surface area contributed by atoms with Gasteiger partial charge < -0.3 is 14.6 Å². The number of hydrogen-bond donors (Lipinski definition) is 1. The molecule has 0 unspecified atom stereocenters. The maximum Gasteiger partial charge on any atom is 0.357 e. The molecular formula is C23H30N4O8. The number of benzene rings is 1. The molecule has 1 N–H and O–H groups in total. The van der Waals surface area contributed by atoms with Crippen LogP contribution in [0.3, 0.4) is 0 Å². The first-order valence-corrected chi connectivity index (χ1v) is 10.4. The quantitative estimate of drug-likeness (QED) is 0.181. The number of amides is 1. The van der Waals surface area contributed by atoms with Crippen LogP contribution >= 0.6 is 0 Å². The summed E-state index contributed by atoms with van der Waals surface area (Å²) < 4.78 is 9.59. The smallest absolute Gasteiger partial charge is 0.357 e. The first kappa shape index (κ1) is 29.1. The van der Waals surface area contributed by atoms with E-state index in [2.05, 4.69) is 10.1 Å². The average Bonchev–Trinajstić information content (AvgIpc) is 2.75. The lowest BCUT2D eigenvalue weighted by Crippen LogP contribution is -2.37. The molecule has 0 saturated heterocycles. The summed E-state index contributed by atoms with van der Waals surface area (Å²) >= 11 is 0. The molecule has 35 heavy (non-hydrogen) atoms. The van der Waals surface area contributed by atoms with Gasteiger partial charge in [0.2, 0.25) is 0 Å². The second kappa shape index (κ2) is 12.0. The Hall–Kier alpha value is -3.93. The Labute approximate surface area is 203 Å². The summed E-state index contributed by atoms with van der Waals surface area (Å²) in [7, 11) is 2.14. The number of non-ortho nitro benzene ring substituents is 1. The highest BCUT2D eigenvalue weighted by Crippen LogP contribution is 2.20. The number of rotatable bonds is 9. The van der Waals surface area contributed by atoms with Gasteiger partial charge in [0.15, 0.2) is 5.70 Å². The fourth-order valence-corrected chi connectivity index (χ4v) is 2.48. The Morgan fingerprint density at radius 3 is 2.03 bits per heavy atom. The third kappa shape index (κ3) is 9.45. The zero-order chi connectivity index (χ0) is 27.0. The lowest BCUT2D eigenvalue weighted by Gasteiger charge is -2.24. The second-order valence-corrected chi connectivity index (χ2v) is 8.96. The van der Waals surface area contributed by atoms with Crippen LogP contribution in [0.15, 0.2) is 45.6 Å². The zero-order valence-corrected chi connectivity index (χ0v) is 20.8. The van der Waals surface area contributed by atoms with Gasteiger partial charge in [-0.25, -0.2) is 9.59 Å². The van der Waals surface area contributed by atoms with E-state index in [1.165, 1.54) is 38.1 Å². The Morgan fingerprint density at radius 2 is 1.60 bits per heavy atom. The predicted molar refractivity (Wildman–Crippen MR) is 128 cm³/mol. The number of aliphatic imine (C=N–C) groups is 1. The van der Waals surface area contributed by atoms with Gasteiger partial charge in [-0.2, -0.15) is 10.1 Å². The van der Waals surface area contributed by atoms with Gasteiger partial charge >= 0.3 is 11.9 Å². The highest BCUT2D eigenvalue weighted by Gasteiger charge is 2.33. The van der Waals surface area contributed by atoms with E-state index >= 15 is 0 Å². The largest absolute Gasteiger partial charge is 0.465 e. The maximum absolute atomic E-state index is 13.1. The Bertz CT molecular complexity index is 1040. The van der Waals surface area contributed by atoms with Crippen LogP contribution in [-0.2, 0) is 23.9 Å². The number of esters is 2. The Kier molecular flexibility index (Phi) is 9.96. The summed E-state index contributed by atoms with van der Waals surface area (Å²) in [4.78, 5) is 53.0. The molecule has 0 atom stereocenters. The summed E-state index contributed by atoms with van der Waals surface area (Å²) in [5, 5.41) is 25.7. The maximum atomic E-state index is 13.1. The lowest BCUT2D eigenvalue weighted by molar-refractivity contribution is -0.384. The van der Waals surface area contributed by atoms with Crippen molar-refractivity contribution in [1.29, 1.82) is 0 Å². The van der Waals surface area contributed by atoms with Crippen molar-refractivity contribution >= 4 is 36.0 Å². The van der Waals surface area contributed by atoms with Gasteiger partial charge in [-0.05, 0) is 52.3 Å². The monoisotopic (exact) mass is 490 g/mol. The molecule has 1 aromatic carbocycles. The minimum absolute atomic E-state index is 0.154. The minimum Gasteiger partial charge on any atom is -0.465 e. The van der Waals surface area contributed by atoms with Gasteiger partial charge in [0.05, 0.1) is 42.9 Å². The van der Waals surface area contributed by atoms with E-state index in [1.54, 1.807) is 20.8 Å². The molecule has 0 heterocycles. The molecule has 0 bridgehead atoms. The van der Waals surface area contributed by atoms with Gasteiger partial charge in [-0.1, -0.05) is 0 Å². The van der Waals surface area contributed by atoms with Crippen molar-refractivity contribution in [2.75, 3.05) is 14.2 Å². The number of ether oxygens (including phenoxy) is 2. The van der Waals surface area contributed by atoms with E-state index in [9.17, 15) is 29.6 Å². The fourth-order valence-electron chi connectivity index (χ4n) is 2.48. The summed E-state index contributed by atoms with van der Waals surface area (Å²) in [6.07, 6.45) is 1.77. The summed E-state index contributed by atoms with van der Waals surface area (Å²) in [5.74, 6) is -2.91. The number of aliphatic hydroxyl groups is 1. The van der Waals surface area contributed by atoms with Crippen molar-refractivity contribution in [1.82, 2.24) is 5.01 Å². The lowest BCUT2D eigenvalue weighted by atomic mass is 10.0. The number of nitro groups is 1. The average molecular weight is 491 g/mol. The van der Waals surface area contributed by atoms with E-state index in [1.807, 2.05) is 0 Å². The van der Waals surface area contributed by atoms with Crippen LogP contribution in [0.5, 0.6) is 0 Å². The van der Waals surface area contributed by atoms with Crippen LogP contribution in [0.25, 0.3) is 0 Å². The van der Waals surface area contributed by atoms with Crippen LogP contribution < -0.4 is 0 Å². The number of hydrogen-bond acceptors (Lipinski definition) is 10. The standard InChI is InChI=1S/C23H30N4O8/c1-22(2,3)24-14-17(20(29)34-6)19(21(30)35-7)26(18(28)12-23(4,5)31)25-13-15-8-10-16(11-9-15)27(32)33/h8-11,13-14,31H,12H2,1-7H3/b19-17-,24-14?,25-13+. The molecule has 1 amide bonds. The third-order valence-electron chi connectivity index (χ3n) is 4.08. The van der Waals surface area contributed by atoms with Crippen LogP contribution in [0.1, 0.15) is 46.6 Å². The van der Waals surface area contributed by atoms with Gasteiger partial charge in [0, 0.05) is 18.3 Å². The fraction of sp³-hybridized carbons (Fsp3) is 0.435. The summed E-state index contributed by atoms with van der Waals surface area (Å²) in [5.41, 5.74) is -2.92. The molecule has 12 nitrogen and oxygen atoms in total. The number of methoxy groups -OCH3 is 2. The first-order valence-electron chi connectivity index (χ1n) is 10.4. The van der Waals surface area contributed by atoms with Crippen molar-refractivity contribution in [3.8, 4) is 0 Å². The molecule has 1 rings (SSSR count). The van der Waals surface area contributed by atoms with Crippen molar-refractivity contribution in [3.63, 3.8) is 0 Å². The first-order chi connectivity index (χ1) is 16.1. The van der Waals surface area contributed by atoms with E-state index < -0.39 is 51.6 Å². The van der Waals surface area contributed by atoms with Crippen molar-refractivity contribution in [2.24, 2.45) is 10.1 Å².